The van der Waals surface area contributed by atoms with Crippen molar-refractivity contribution in [3.05, 3.63) is 29.8 Å². The summed E-state index contributed by atoms with van der Waals surface area (Å²) in [6, 6.07) is 6.41. The average molecular weight is 274 g/mol. The van der Waals surface area contributed by atoms with E-state index in [0.29, 0.717) is 16.5 Å². The Morgan fingerprint density at radius 3 is 2.40 bits per heavy atom. The van der Waals surface area contributed by atoms with Gasteiger partial charge >= 0.3 is 5.97 Å². The molecule has 0 atom stereocenters. The molecular weight excluding hydrogens is 260 g/mol. The zero-order chi connectivity index (χ0) is 14.9. The third-order valence-electron chi connectivity index (χ3n) is 2.91. The van der Waals surface area contributed by atoms with Crippen molar-refractivity contribution in [3.8, 4) is 17.2 Å². The van der Waals surface area contributed by atoms with Crippen molar-refractivity contribution in [1.82, 2.24) is 0 Å². The van der Waals surface area contributed by atoms with Gasteiger partial charge in [-0.3, -0.25) is 9.59 Å². The molecule has 0 heterocycles. The van der Waals surface area contributed by atoms with E-state index in [0.717, 1.165) is 0 Å². The molecule has 0 aliphatic heterocycles. The number of benzene rings is 2. The maximum Gasteiger partial charge on any atom is 0.308 e. The van der Waals surface area contributed by atoms with Crippen LogP contribution in [0, 0.1) is 0 Å². The van der Waals surface area contributed by atoms with Crippen molar-refractivity contribution >= 4 is 22.5 Å². The number of hydrogen-bond donors (Lipinski definition) is 1. The Bertz CT molecular complexity index is 703. The van der Waals surface area contributed by atoms with Gasteiger partial charge in [-0.05, 0) is 19.1 Å². The zero-order valence-electron chi connectivity index (χ0n) is 11.4. The van der Waals surface area contributed by atoms with Gasteiger partial charge in [0.2, 0.25) is 0 Å². The van der Waals surface area contributed by atoms with E-state index in [9.17, 15) is 14.7 Å². The van der Waals surface area contributed by atoms with Crippen molar-refractivity contribution in [2.45, 2.75) is 13.8 Å². The number of ether oxygens (including phenoxy) is 2. The summed E-state index contributed by atoms with van der Waals surface area (Å²) in [5, 5.41) is 11.1. The van der Waals surface area contributed by atoms with Gasteiger partial charge in [0.15, 0.2) is 5.78 Å². The minimum Gasteiger partial charge on any atom is -0.506 e. The summed E-state index contributed by atoms with van der Waals surface area (Å²) < 4.78 is 10.3. The Balaban J connectivity index is 2.88. The lowest BCUT2D eigenvalue weighted by atomic mass is 10.0. The Morgan fingerprint density at radius 1 is 1.15 bits per heavy atom. The van der Waals surface area contributed by atoms with Crippen LogP contribution < -0.4 is 9.47 Å². The van der Waals surface area contributed by atoms with E-state index < -0.39 is 5.97 Å². The Labute approximate surface area is 115 Å². The first-order chi connectivity index (χ1) is 9.45. The maximum atomic E-state index is 11.6. The fourth-order valence-corrected chi connectivity index (χ4v) is 2.07. The van der Waals surface area contributed by atoms with Crippen LogP contribution in [0.25, 0.3) is 10.8 Å². The number of carbonyl (C=O) groups is 2. The van der Waals surface area contributed by atoms with Crippen LogP contribution in [-0.4, -0.2) is 24.0 Å². The second kappa shape index (κ2) is 5.21. The fraction of sp³-hybridized carbons (Fsp3) is 0.200. The first-order valence-corrected chi connectivity index (χ1v) is 5.97. The fourth-order valence-electron chi connectivity index (χ4n) is 2.07. The maximum absolute atomic E-state index is 11.6. The van der Waals surface area contributed by atoms with E-state index >= 15 is 0 Å². The van der Waals surface area contributed by atoms with Crippen LogP contribution in [-0.2, 0) is 4.79 Å². The molecule has 5 heteroatoms. The van der Waals surface area contributed by atoms with Crippen molar-refractivity contribution in [1.29, 1.82) is 0 Å². The summed E-state index contributed by atoms with van der Waals surface area (Å²) >= 11 is 0. The summed E-state index contributed by atoms with van der Waals surface area (Å²) in [6.45, 7) is 2.60. The van der Waals surface area contributed by atoms with E-state index in [1.54, 1.807) is 18.2 Å². The number of Topliss-reactive ketones (excluding diaryl/α,β-unsaturated/α-hetero) is 1. The van der Waals surface area contributed by atoms with Gasteiger partial charge in [0.05, 0.1) is 18.1 Å². The van der Waals surface area contributed by atoms with Crippen LogP contribution in [0.15, 0.2) is 24.3 Å². The highest BCUT2D eigenvalue weighted by Gasteiger charge is 2.19. The van der Waals surface area contributed by atoms with Gasteiger partial charge in [-0.2, -0.15) is 0 Å². The van der Waals surface area contributed by atoms with Crippen molar-refractivity contribution in [3.63, 3.8) is 0 Å². The van der Waals surface area contributed by atoms with Crippen LogP contribution in [0.3, 0.4) is 0 Å². The van der Waals surface area contributed by atoms with Gasteiger partial charge in [0.1, 0.15) is 17.2 Å². The van der Waals surface area contributed by atoms with E-state index in [4.69, 9.17) is 9.47 Å². The lowest BCUT2D eigenvalue weighted by molar-refractivity contribution is -0.131. The number of ketones is 1. The van der Waals surface area contributed by atoms with Gasteiger partial charge in [-0.1, -0.05) is 12.1 Å². The lowest BCUT2D eigenvalue weighted by Crippen LogP contribution is -2.04. The predicted molar refractivity (Wildman–Crippen MR) is 73.5 cm³/mol. The number of rotatable bonds is 3. The molecule has 0 unspecified atom stereocenters. The Kier molecular flexibility index (Phi) is 3.61. The van der Waals surface area contributed by atoms with Crippen molar-refractivity contribution in [2.75, 3.05) is 7.11 Å². The molecule has 5 nitrogen and oxygen atoms in total. The minimum absolute atomic E-state index is 0.0817. The molecule has 0 spiro atoms. The predicted octanol–water partition coefficient (Wildman–Crippen LogP) is 2.68. The molecule has 0 aliphatic rings. The monoisotopic (exact) mass is 274 g/mol. The molecule has 0 radical (unpaired) electrons. The molecule has 0 saturated heterocycles. The lowest BCUT2D eigenvalue weighted by Gasteiger charge is -2.13. The number of esters is 1. The van der Waals surface area contributed by atoms with Crippen LogP contribution in [0.1, 0.15) is 24.2 Å². The third kappa shape index (κ3) is 2.30. The van der Waals surface area contributed by atoms with Gasteiger partial charge in [0.25, 0.3) is 0 Å². The quantitative estimate of drug-likeness (QED) is 0.529. The molecule has 20 heavy (non-hydrogen) atoms. The molecule has 2 rings (SSSR count). The highest BCUT2D eigenvalue weighted by atomic mass is 16.5. The number of methoxy groups -OCH3 is 1. The third-order valence-corrected chi connectivity index (χ3v) is 2.91. The smallest absolute Gasteiger partial charge is 0.308 e. The van der Waals surface area contributed by atoms with Crippen molar-refractivity contribution < 1.29 is 24.2 Å². The molecule has 0 fully saturated rings. The van der Waals surface area contributed by atoms with Gasteiger partial charge in [0, 0.05) is 12.3 Å². The highest BCUT2D eigenvalue weighted by Crippen LogP contribution is 2.41. The SMILES string of the molecule is COc1cccc2c(OC(C)=O)cc(C(C)=O)c(O)c12. The zero-order valence-corrected chi connectivity index (χ0v) is 11.4. The average Bonchev–Trinajstić information content (AvgIpc) is 2.40. The topological polar surface area (TPSA) is 72.8 Å². The van der Waals surface area contributed by atoms with Crippen LogP contribution in [0.5, 0.6) is 17.2 Å². The number of phenolic OH excluding ortho intramolecular Hbond substituents is 1. The molecule has 0 bridgehead atoms. The summed E-state index contributed by atoms with van der Waals surface area (Å²) in [6.07, 6.45) is 0. The van der Waals surface area contributed by atoms with E-state index in [-0.39, 0.29) is 22.8 Å². The first kappa shape index (κ1) is 13.9. The molecule has 104 valence electrons. The molecule has 2 aromatic carbocycles. The summed E-state index contributed by atoms with van der Waals surface area (Å²) in [4.78, 5) is 22.8. The molecule has 1 N–H and O–H groups in total. The van der Waals surface area contributed by atoms with Crippen LogP contribution in [0.4, 0.5) is 0 Å². The number of hydrogen-bond acceptors (Lipinski definition) is 5. The first-order valence-electron chi connectivity index (χ1n) is 5.97. The molecule has 2 aromatic rings. The molecule has 0 aromatic heterocycles. The second-order valence-corrected chi connectivity index (χ2v) is 4.30. The normalized spacial score (nSPS) is 10.3. The Hall–Kier alpha value is -2.56. The van der Waals surface area contributed by atoms with Crippen LogP contribution >= 0.6 is 0 Å². The van der Waals surface area contributed by atoms with Gasteiger partial charge < -0.3 is 14.6 Å². The molecule has 0 aliphatic carbocycles. The van der Waals surface area contributed by atoms with Crippen LogP contribution in [0.2, 0.25) is 0 Å². The largest absolute Gasteiger partial charge is 0.506 e. The number of carbonyl (C=O) groups excluding carboxylic acids is 2. The summed E-state index contributed by atoms with van der Waals surface area (Å²) in [7, 11) is 1.46. The molecule has 0 amide bonds. The highest BCUT2D eigenvalue weighted by molar-refractivity contribution is 6.08. The van der Waals surface area contributed by atoms with E-state index in [2.05, 4.69) is 0 Å². The summed E-state index contributed by atoms with van der Waals surface area (Å²) in [5.74, 6) is -0.398. The molecular formula is C15H14O5. The van der Waals surface area contributed by atoms with Gasteiger partial charge in [-0.15, -0.1) is 0 Å². The standard InChI is InChI=1S/C15H14O5/c1-8(16)11-7-13(20-9(2)17)10-5-4-6-12(19-3)14(10)15(11)18/h4-7,18H,1-3H3. The number of aromatic hydroxyl groups is 1. The van der Waals surface area contributed by atoms with E-state index in [1.165, 1.54) is 27.0 Å². The molecule has 0 saturated carbocycles. The minimum atomic E-state index is -0.505. The van der Waals surface area contributed by atoms with E-state index in [1.807, 2.05) is 0 Å². The van der Waals surface area contributed by atoms with Gasteiger partial charge in [-0.25, -0.2) is 0 Å². The number of fused-ring (bicyclic) bond motifs is 1. The van der Waals surface area contributed by atoms with Crippen molar-refractivity contribution in [2.24, 2.45) is 0 Å². The second-order valence-electron chi connectivity index (χ2n) is 4.30. The summed E-state index contributed by atoms with van der Waals surface area (Å²) in [5.41, 5.74) is 0.0817. The Morgan fingerprint density at radius 2 is 1.85 bits per heavy atom. The number of phenols is 1.